The quantitative estimate of drug-likeness (QED) is 0.571. The molecular formula is C26H31ClFN3O3. The Kier molecular flexibility index (Phi) is 7.76. The third kappa shape index (κ3) is 5.37. The first kappa shape index (κ1) is 24.5. The van der Waals surface area contributed by atoms with Crippen molar-refractivity contribution in [2.75, 3.05) is 32.8 Å². The maximum atomic E-state index is 13.9. The van der Waals surface area contributed by atoms with Crippen molar-refractivity contribution in [2.45, 2.75) is 38.9 Å². The standard InChI is InChI=1S/C26H30FN3O3.ClH/c1-18-14-26(31)30(23-16-20(27)3-4-22(18)23)11-10-29-8-6-21(7-9-29)28-17-19-2-5-24-25(15-19)33-13-12-32-24;/h2-5,14-16,21,28H,6-13,17H2,1H3;1H. The van der Waals surface area contributed by atoms with Gasteiger partial charge in [-0.15, -0.1) is 12.4 Å². The average Bonchev–Trinajstić information content (AvgIpc) is 2.83. The van der Waals surface area contributed by atoms with Gasteiger partial charge in [-0.05, 0) is 74.3 Å². The van der Waals surface area contributed by atoms with E-state index in [2.05, 4.69) is 22.3 Å². The van der Waals surface area contributed by atoms with Gasteiger partial charge in [-0.3, -0.25) is 4.79 Å². The molecule has 0 radical (unpaired) electrons. The summed E-state index contributed by atoms with van der Waals surface area (Å²) < 4.78 is 26.8. The molecule has 2 aliphatic rings. The lowest BCUT2D eigenvalue weighted by atomic mass is 10.0. The third-order valence-corrected chi connectivity index (χ3v) is 6.71. The van der Waals surface area contributed by atoms with E-state index < -0.39 is 0 Å². The van der Waals surface area contributed by atoms with Crippen LogP contribution < -0.4 is 20.3 Å². The first-order chi connectivity index (χ1) is 16.1. The number of likely N-dealkylation sites (tertiary alicyclic amines) is 1. The van der Waals surface area contributed by atoms with Crippen LogP contribution in [0.3, 0.4) is 0 Å². The van der Waals surface area contributed by atoms with Gasteiger partial charge in [0.1, 0.15) is 19.0 Å². The highest BCUT2D eigenvalue weighted by Gasteiger charge is 2.20. The molecule has 2 aliphatic heterocycles. The number of nitrogens with zero attached hydrogens (tertiary/aromatic N) is 2. The van der Waals surface area contributed by atoms with Gasteiger partial charge in [0.15, 0.2) is 11.5 Å². The molecule has 3 heterocycles. The summed E-state index contributed by atoms with van der Waals surface area (Å²) in [6.07, 6.45) is 2.12. The highest BCUT2D eigenvalue weighted by atomic mass is 35.5. The number of pyridine rings is 1. The number of ether oxygens (including phenoxy) is 2. The van der Waals surface area contributed by atoms with Crippen LogP contribution in [0, 0.1) is 12.7 Å². The number of rotatable bonds is 6. The monoisotopic (exact) mass is 487 g/mol. The van der Waals surface area contributed by atoms with E-state index in [9.17, 15) is 9.18 Å². The number of piperidine rings is 1. The zero-order valence-corrected chi connectivity index (χ0v) is 20.2. The summed E-state index contributed by atoms with van der Waals surface area (Å²) in [7, 11) is 0. The Bertz CT molecular complexity index is 1210. The lowest BCUT2D eigenvalue weighted by molar-refractivity contribution is 0.171. The van der Waals surface area contributed by atoms with Crippen LogP contribution in [0.15, 0.2) is 47.3 Å². The molecule has 0 atom stereocenters. The minimum Gasteiger partial charge on any atom is -0.486 e. The Labute approximate surface area is 205 Å². The molecule has 3 aromatic rings. The SMILES string of the molecule is Cc1cc(=O)n(CCN2CCC(NCc3ccc4c(c3)OCCO4)CC2)c2cc(F)ccc12.Cl. The maximum absolute atomic E-state index is 13.9. The smallest absolute Gasteiger partial charge is 0.251 e. The Balaban J connectivity index is 0.00000274. The van der Waals surface area contributed by atoms with Gasteiger partial charge in [0, 0.05) is 37.1 Å². The Morgan fingerprint density at radius 2 is 1.76 bits per heavy atom. The van der Waals surface area contributed by atoms with E-state index in [1.807, 2.05) is 13.0 Å². The molecule has 0 amide bonds. The van der Waals surface area contributed by atoms with Crippen LogP contribution in [-0.2, 0) is 13.1 Å². The van der Waals surface area contributed by atoms with Crippen LogP contribution in [0.2, 0.25) is 0 Å². The number of nitrogens with one attached hydrogen (secondary N) is 1. The number of benzene rings is 2. The number of hydrogen-bond donors (Lipinski definition) is 1. The largest absolute Gasteiger partial charge is 0.486 e. The van der Waals surface area contributed by atoms with Crippen LogP contribution in [0.5, 0.6) is 11.5 Å². The summed E-state index contributed by atoms with van der Waals surface area (Å²) in [6.45, 7) is 7.21. The maximum Gasteiger partial charge on any atom is 0.251 e. The molecule has 6 nitrogen and oxygen atoms in total. The normalized spacial score (nSPS) is 16.4. The summed E-state index contributed by atoms with van der Waals surface area (Å²) >= 11 is 0. The van der Waals surface area contributed by atoms with E-state index in [4.69, 9.17) is 9.47 Å². The van der Waals surface area contributed by atoms with E-state index >= 15 is 0 Å². The Morgan fingerprint density at radius 3 is 2.56 bits per heavy atom. The van der Waals surface area contributed by atoms with Crippen LogP contribution in [0.25, 0.3) is 10.9 Å². The minimum absolute atomic E-state index is 0. The van der Waals surface area contributed by atoms with Crippen molar-refractivity contribution in [3.05, 3.63) is 69.8 Å². The number of halogens is 2. The van der Waals surface area contributed by atoms with Gasteiger partial charge in [-0.2, -0.15) is 0 Å². The molecule has 182 valence electrons. The molecule has 0 saturated carbocycles. The van der Waals surface area contributed by atoms with Gasteiger partial charge in [0.25, 0.3) is 5.56 Å². The van der Waals surface area contributed by atoms with E-state index in [1.54, 1.807) is 16.7 Å². The van der Waals surface area contributed by atoms with Crippen molar-refractivity contribution in [2.24, 2.45) is 0 Å². The molecule has 1 aromatic heterocycles. The van der Waals surface area contributed by atoms with Gasteiger partial charge < -0.3 is 24.3 Å². The van der Waals surface area contributed by atoms with Crippen molar-refractivity contribution in [1.29, 1.82) is 0 Å². The molecule has 5 rings (SSSR count). The van der Waals surface area contributed by atoms with Crippen molar-refractivity contribution >= 4 is 23.3 Å². The zero-order chi connectivity index (χ0) is 22.8. The summed E-state index contributed by atoms with van der Waals surface area (Å²) in [5, 5.41) is 4.59. The predicted molar refractivity (Wildman–Crippen MR) is 134 cm³/mol. The van der Waals surface area contributed by atoms with Crippen molar-refractivity contribution in [1.82, 2.24) is 14.8 Å². The molecule has 1 saturated heterocycles. The first-order valence-corrected chi connectivity index (χ1v) is 11.7. The second-order valence-corrected chi connectivity index (χ2v) is 8.95. The van der Waals surface area contributed by atoms with Crippen LogP contribution in [-0.4, -0.2) is 48.4 Å². The van der Waals surface area contributed by atoms with Crippen LogP contribution in [0.1, 0.15) is 24.0 Å². The minimum atomic E-state index is -0.314. The zero-order valence-electron chi connectivity index (χ0n) is 19.4. The summed E-state index contributed by atoms with van der Waals surface area (Å²) in [5.74, 6) is 1.33. The molecule has 0 aliphatic carbocycles. The number of aryl methyl sites for hydroxylation is 1. The van der Waals surface area contributed by atoms with Gasteiger partial charge in [-0.1, -0.05) is 6.07 Å². The highest BCUT2D eigenvalue weighted by Crippen LogP contribution is 2.30. The number of aromatic nitrogens is 1. The van der Waals surface area contributed by atoms with E-state index in [-0.39, 0.29) is 23.8 Å². The topological polar surface area (TPSA) is 55.7 Å². The predicted octanol–water partition coefficient (Wildman–Crippen LogP) is 3.90. The van der Waals surface area contributed by atoms with Gasteiger partial charge in [-0.25, -0.2) is 4.39 Å². The third-order valence-electron chi connectivity index (χ3n) is 6.71. The average molecular weight is 488 g/mol. The van der Waals surface area contributed by atoms with Gasteiger partial charge >= 0.3 is 0 Å². The summed E-state index contributed by atoms with van der Waals surface area (Å²) in [4.78, 5) is 15.0. The van der Waals surface area contributed by atoms with E-state index in [0.717, 1.165) is 61.5 Å². The fourth-order valence-electron chi connectivity index (χ4n) is 4.81. The van der Waals surface area contributed by atoms with Gasteiger partial charge in [0.05, 0.1) is 5.52 Å². The highest BCUT2D eigenvalue weighted by molar-refractivity contribution is 5.85. The van der Waals surface area contributed by atoms with Crippen LogP contribution >= 0.6 is 12.4 Å². The molecule has 0 unspecified atom stereocenters. The molecule has 0 bridgehead atoms. The second kappa shape index (κ2) is 10.8. The van der Waals surface area contributed by atoms with Crippen molar-refractivity contribution in [3.63, 3.8) is 0 Å². The molecule has 1 N–H and O–H groups in total. The first-order valence-electron chi connectivity index (χ1n) is 11.7. The summed E-state index contributed by atoms with van der Waals surface area (Å²) in [5.41, 5.74) is 2.69. The van der Waals surface area contributed by atoms with Gasteiger partial charge in [0.2, 0.25) is 0 Å². The fraction of sp³-hybridized carbons (Fsp3) is 0.423. The molecular weight excluding hydrogens is 457 g/mol. The molecule has 1 fully saturated rings. The second-order valence-electron chi connectivity index (χ2n) is 8.95. The lowest BCUT2D eigenvalue weighted by Gasteiger charge is -2.32. The van der Waals surface area contributed by atoms with Crippen molar-refractivity contribution < 1.29 is 13.9 Å². The molecule has 34 heavy (non-hydrogen) atoms. The fourth-order valence-corrected chi connectivity index (χ4v) is 4.81. The molecule has 0 spiro atoms. The van der Waals surface area contributed by atoms with Crippen LogP contribution in [0.4, 0.5) is 4.39 Å². The van der Waals surface area contributed by atoms with E-state index in [1.165, 1.54) is 17.7 Å². The number of hydrogen-bond acceptors (Lipinski definition) is 5. The Morgan fingerprint density at radius 1 is 1.00 bits per heavy atom. The number of fused-ring (bicyclic) bond motifs is 2. The molecule has 2 aromatic carbocycles. The Hall–Kier alpha value is -2.61. The van der Waals surface area contributed by atoms with Crippen molar-refractivity contribution in [3.8, 4) is 11.5 Å². The van der Waals surface area contributed by atoms with E-state index in [0.29, 0.717) is 31.3 Å². The summed E-state index contributed by atoms with van der Waals surface area (Å²) in [6, 6.07) is 12.9. The molecule has 8 heteroatoms. The lowest BCUT2D eigenvalue weighted by Crippen LogP contribution is -2.43.